The highest BCUT2D eigenvalue weighted by molar-refractivity contribution is 7.99. The van der Waals surface area contributed by atoms with Crippen LogP contribution < -0.4 is 5.32 Å². The van der Waals surface area contributed by atoms with Crippen LogP contribution in [-0.2, 0) is 16.1 Å². The molecular weight excluding hydrogens is 288 g/mol. The van der Waals surface area contributed by atoms with E-state index in [1.807, 2.05) is 0 Å². The standard InChI is InChI=1S/C9H12N6O2S2/c1-5-10-8(14-12-5)18-4-6(16)11-9-15-13-7(19-9)3-17-2/h3-4H2,1-2H3,(H,10,12,14)(H,11,15,16). The fraction of sp³-hybridized carbons (Fsp3) is 0.444. The minimum atomic E-state index is -0.174. The molecule has 0 unspecified atom stereocenters. The molecule has 0 fully saturated rings. The Kier molecular flexibility index (Phi) is 4.82. The van der Waals surface area contributed by atoms with Gasteiger partial charge in [0, 0.05) is 7.11 Å². The Hall–Kier alpha value is -1.52. The summed E-state index contributed by atoms with van der Waals surface area (Å²) < 4.78 is 4.92. The second kappa shape index (κ2) is 6.59. The van der Waals surface area contributed by atoms with Gasteiger partial charge in [-0.25, -0.2) is 4.98 Å². The summed E-state index contributed by atoms with van der Waals surface area (Å²) in [4.78, 5) is 15.8. The molecule has 2 rings (SSSR count). The quantitative estimate of drug-likeness (QED) is 0.761. The lowest BCUT2D eigenvalue weighted by Gasteiger charge is -1.98. The Bertz CT molecular complexity index is 554. The normalized spacial score (nSPS) is 10.6. The van der Waals surface area contributed by atoms with Gasteiger partial charge in [-0.05, 0) is 6.92 Å². The molecule has 102 valence electrons. The molecule has 19 heavy (non-hydrogen) atoms. The number of aromatic nitrogens is 5. The molecule has 2 aromatic heterocycles. The molecular formula is C9H12N6O2S2. The number of H-pyrrole nitrogens is 1. The zero-order valence-corrected chi connectivity index (χ0v) is 12.0. The average Bonchev–Trinajstić information content (AvgIpc) is 2.97. The number of thioether (sulfide) groups is 1. The molecule has 0 spiro atoms. The number of aromatic amines is 1. The largest absolute Gasteiger partial charge is 0.377 e. The van der Waals surface area contributed by atoms with Gasteiger partial charge in [-0.15, -0.1) is 15.3 Å². The van der Waals surface area contributed by atoms with E-state index in [-0.39, 0.29) is 11.7 Å². The van der Waals surface area contributed by atoms with Crippen molar-refractivity contribution in [3.8, 4) is 0 Å². The topological polar surface area (TPSA) is 106 Å². The van der Waals surface area contributed by atoms with Gasteiger partial charge in [0.15, 0.2) is 0 Å². The van der Waals surface area contributed by atoms with Gasteiger partial charge in [-0.2, -0.15) is 0 Å². The van der Waals surface area contributed by atoms with Gasteiger partial charge in [-0.1, -0.05) is 23.1 Å². The van der Waals surface area contributed by atoms with Crippen molar-refractivity contribution >= 4 is 34.1 Å². The van der Waals surface area contributed by atoms with Crippen molar-refractivity contribution < 1.29 is 9.53 Å². The van der Waals surface area contributed by atoms with Gasteiger partial charge in [0.2, 0.25) is 16.2 Å². The van der Waals surface area contributed by atoms with Crippen molar-refractivity contribution in [3.05, 3.63) is 10.8 Å². The molecule has 0 aliphatic heterocycles. The summed E-state index contributed by atoms with van der Waals surface area (Å²) in [6.45, 7) is 2.19. The van der Waals surface area contributed by atoms with E-state index in [9.17, 15) is 4.79 Å². The first-order valence-corrected chi connectivity index (χ1v) is 7.10. The summed E-state index contributed by atoms with van der Waals surface area (Å²) in [6, 6.07) is 0. The van der Waals surface area contributed by atoms with Gasteiger partial charge >= 0.3 is 0 Å². The molecule has 2 aromatic rings. The van der Waals surface area contributed by atoms with Crippen LogP contribution in [0.15, 0.2) is 5.16 Å². The van der Waals surface area contributed by atoms with Crippen molar-refractivity contribution in [3.63, 3.8) is 0 Å². The van der Waals surface area contributed by atoms with Crippen LogP contribution >= 0.6 is 23.1 Å². The van der Waals surface area contributed by atoms with Crippen LogP contribution in [0.3, 0.4) is 0 Å². The number of rotatable bonds is 6. The van der Waals surface area contributed by atoms with E-state index in [2.05, 4.69) is 30.7 Å². The average molecular weight is 300 g/mol. The van der Waals surface area contributed by atoms with Crippen molar-refractivity contribution in [2.75, 3.05) is 18.2 Å². The maximum Gasteiger partial charge on any atom is 0.236 e. The molecule has 0 bridgehead atoms. The molecule has 0 aliphatic carbocycles. The van der Waals surface area contributed by atoms with Gasteiger partial charge < -0.3 is 4.74 Å². The van der Waals surface area contributed by atoms with Gasteiger partial charge in [-0.3, -0.25) is 15.2 Å². The molecule has 1 amide bonds. The highest BCUT2D eigenvalue weighted by Crippen LogP contribution is 2.17. The zero-order valence-electron chi connectivity index (χ0n) is 10.3. The smallest absolute Gasteiger partial charge is 0.236 e. The third-order valence-corrected chi connectivity index (χ3v) is 3.55. The Morgan fingerprint density at radius 1 is 1.53 bits per heavy atom. The molecule has 0 aromatic carbocycles. The molecule has 10 heteroatoms. The van der Waals surface area contributed by atoms with E-state index in [0.29, 0.717) is 16.9 Å². The molecule has 0 aliphatic rings. The number of carbonyl (C=O) groups excluding carboxylic acids is 1. The molecule has 0 atom stereocenters. The van der Waals surface area contributed by atoms with Crippen LogP contribution in [0.2, 0.25) is 0 Å². The number of nitrogens with zero attached hydrogens (tertiary/aromatic N) is 4. The predicted molar refractivity (Wildman–Crippen MR) is 71.1 cm³/mol. The van der Waals surface area contributed by atoms with Crippen LogP contribution in [0.25, 0.3) is 0 Å². The third kappa shape index (κ3) is 4.26. The minimum absolute atomic E-state index is 0.174. The summed E-state index contributed by atoms with van der Waals surface area (Å²) >= 11 is 2.54. The highest BCUT2D eigenvalue weighted by atomic mass is 32.2. The lowest BCUT2D eigenvalue weighted by Crippen LogP contribution is -2.13. The fourth-order valence-corrected chi connectivity index (χ4v) is 2.53. The minimum Gasteiger partial charge on any atom is -0.377 e. The van der Waals surface area contributed by atoms with Crippen molar-refractivity contribution in [1.82, 2.24) is 25.4 Å². The lowest BCUT2D eigenvalue weighted by molar-refractivity contribution is -0.113. The lowest BCUT2D eigenvalue weighted by atomic mass is 10.7. The first kappa shape index (κ1) is 13.9. The molecule has 2 N–H and O–H groups in total. The molecule has 0 radical (unpaired) electrons. The van der Waals surface area contributed by atoms with E-state index < -0.39 is 0 Å². The highest BCUT2D eigenvalue weighted by Gasteiger charge is 2.10. The Balaban J connectivity index is 1.80. The van der Waals surface area contributed by atoms with Crippen LogP contribution in [-0.4, -0.2) is 44.1 Å². The van der Waals surface area contributed by atoms with E-state index in [1.165, 1.54) is 23.1 Å². The van der Waals surface area contributed by atoms with Crippen LogP contribution in [0.5, 0.6) is 0 Å². The summed E-state index contributed by atoms with van der Waals surface area (Å²) in [5, 5.41) is 18.7. The number of methoxy groups -OCH3 is 1. The van der Waals surface area contributed by atoms with Crippen molar-refractivity contribution in [1.29, 1.82) is 0 Å². The molecule has 0 saturated carbocycles. The van der Waals surface area contributed by atoms with E-state index in [4.69, 9.17) is 4.74 Å². The van der Waals surface area contributed by atoms with Gasteiger partial charge in [0.25, 0.3) is 0 Å². The second-order valence-electron chi connectivity index (χ2n) is 3.47. The van der Waals surface area contributed by atoms with E-state index >= 15 is 0 Å². The Labute approximate surface area is 117 Å². The number of hydrogen-bond acceptors (Lipinski definition) is 8. The third-order valence-electron chi connectivity index (χ3n) is 1.89. The summed E-state index contributed by atoms with van der Waals surface area (Å²) in [6.07, 6.45) is 0. The molecule has 8 nitrogen and oxygen atoms in total. The summed E-state index contributed by atoms with van der Waals surface area (Å²) in [7, 11) is 1.58. The first-order valence-electron chi connectivity index (χ1n) is 5.30. The van der Waals surface area contributed by atoms with Gasteiger partial charge in [0.05, 0.1) is 5.75 Å². The predicted octanol–water partition coefficient (Wildman–Crippen LogP) is 0.842. The number of aryl methyl sites for hydroxylation is 1. The number of amides is 1. The summed E-state index contributed by atoms with van der Waals surface area (Å²) in [5.74, 6) is 0.764. The fourth-order valence-electron chi connectivity index (χ4n) is 1.16. The van der Waals surface area contributed by atoms with Crippen LogP contribution in [0, 0.1) is 6.92 Å². The van der Waals surface area contributed by atoms with E-state index in [0.717, 1.165) is 10.8 Å². The Morgan fingerprint density at radius 3 is 3.05 bits per heavy atom. The number of hydrogen-bond donors (Lipinski definition) is 2. The number of nitrogens with one attached hydrogen (secondary N) is 2. The van der Waals surface area contributed by atoms with Crippen molar-refractivity contribution in [2.45, 2.75) is 18.7 Å². The maximum atomic E-state index is 11.7. The number of anilines is 1. The Morgan fingerprint density at radius 2 is 2.37 bits per heavy atom. The maximum absolute atomic E-state index is 11.7. The van der Waals surface area contributed by atoms with Crippen LogP contribution in [0.4, 0.5) is 5.13 Å². The van der Waals surface area contributed by atoms with Crippen molar-refractivity contribution in [2.24, 2.45) is 0 Å². The van der Waals surface area contributed by atoms with Gasteiger partial charge in [0.1, 0.15) is 17.4 Å². The SMILES string of the molecule is COCc1nnc(NC(=O)CSc2n[nH]c(C)n2)s1. The number of carbonyl (C=O) groups is 1. The molecule has 2 heterocycles. The molecule has 0 saturated heterocycles. The van der Waals surface area contributed by atoms with Crippen LogP contribution in [0.1, 0.15) is 10.8 Å². The number of ether oxygens (including phenoxy) is 1. The zero-order chi connectivity index (χ0) is 13.7. The second-order valence-corrected chi connectivity index (χ2v) is 5.48. The summed E-state index contributed by atoms with van der Waals surface area (Å²) in [5.41, 5.74) is 0. The van der Waals surface area contributed by atoms with E-state index in [1.54, 1.807) is 14.0 Å². The first-order chi connectivity index (χ1) is 9.17. The monoisotopic (exact) mass is 300 g/mol.